The van der Waals surface area contributed by atoms with Gasteiger partial charge in [0, 0.05) is 12.0 Å². The van der Waals surface area contributed by atoms with Crippen molar-refractivity contribution in [2.75, 3.05) is 7.11 Å². The Labute approximate surface area is 240 Å². The molecule has 0 saturated heterocycles. The molecule has 0 unspecified atom stereocenters. The minimum Gasteiger partial charge on any atom is -0.507 e. The summed E-state index contributed by atoms with van der Waals surface area (Å²) in [6.45, 7) is 12.5. The number of Topliss-reactive ketones (excluding diaryl/α,β-unsaturated/α-hetero) is 1. The van der Waals surface area contributed by atoms with E-state index >= 15 is 0 Å². The molecule has 212 valence electrons. The van der Waals surface area contributed by atoms with Gasteiger partial charge in [-0.15, -0.1) is 0 Å². The SMILES string of the molecule is COc1cc(O)c(C(=O)[C@@H]2[C@H](CC=C(C)C)C(C)=CC[C@H]2c2ccccc2)c2c1C=C[C@@](C)(CCC=C(C)C)O2. The molecule has 1 aliphatic carbocycles. The minimum absolute atomic E-state index is 0.00621. The van der Waals surface area contributed by atoms with Gasteiger partial charge in [0.15, 0.2) is 5.78 Å². The van der Waals surface area contributed by atoms with Crippen molar-refractivity contribution in [1.29, 1.82) is 0 Å². The van der Waals surface area contributed by atoms with Crippen LogP contribution in [0.3, 0.4) is 0 Å². The molecule has 0 saturated carbocycles. The highest BCUT2D eigenvalue weighted by Gasteiger charge is 2.43. The smallest absolute Gasteiger partial charge is 0.174 e. The molecule has 0 bridgehead atoms. The molecule has 4 rings (SSSR count). The Balaban J connectivity index is 1.85. The van der Waals surface area contributed by atoms with Crippen molar-refractivity contribution in [3.05, 3.63) is 94.1 Å². The molecule has 0 fully saturated rings. The van der Waals surface area contributed by atoms with E-state index in [4.69, 9.17) is 9.47 Å². The molecule has 2 aromatic carbocycles. The average molecular weight is 541 g/mol. The summed E-state index contributed by atoms with van der Waals surface area (Å²) in [7, 11) is 1.57. The average Bonchev–Trinajstić information content (AvgIpc) is 2.91. The summed E-state index contributed by atoms with van der Waals surface area (Å²) in [6, 6.07) is 11.9. The van der Waals surface area contributed by atoms with Gasteiger partial charge in [-0.1, -0.05) is 65.3 Å². The Kier molecular flexibility index (Phi) is 9.08. The van der Waals surface area contributed by atoms with Gasteiger partial charge in [-0.25, -0.2) is 0 Å². The second-order valence-electron chi connectivity index (χ2n) is 12.0. The highest BCUT2D eigenvalue weighted by Crippen LogP contribution is 2.50. The molecule has 4 atom stereocenters. The molecule has 40 heavy (non-hydrogen) atoms. The van der Waals surface area contributed by atoms with E-state index in [2.05, 4.69) is 65.0 Å². The minimum atomic E-state index is -0.616. The molecule has 0 radical (unpaired) electrons. The van der Waals surface area contributed by atoms with Crippen LogP contribution in [0, 0.1) is 11.8 Å². The van der Waals surface area contributed by atoms with E-state index in [0.29, 0.717) is 17.1 Å². The number of rotatable bonds is 9. The fourth-order valence-electron chi connectivity index (χ4n) is 6.06. The van der Waals surface area contributed by atoms with E-state index < -0.39 is 5.60 Å². The predicted molar refractivity (Wildman–Crippen MR) is 164 cm³/mol. The summed E-state index contributed by atoms with van der Waals surface area (Å²) < 4.78 is 12.3. The Hall–Kier alpha value is -3.53. The summed E-state index contributed by atoms with van der Waals surface area (Å²) in [5.41, 5.74) is 5.19. The van der Waals surface area contributed by atoms with Crippen molar-refractivity contribution >= 4 is 11.9 Å². The number of fused-ring (bicyclic) bond motifs is 1. The second-order valence-corrected chi connectivity index (χ2v) is 12.0. The van der Waals surface area contributed by atoms with Crippen molar-refractivity contribution in [3.8, 4) is 17.2 Å². The fourth-order valence-corrected chi connectivity index (χ4v) is 6.06. The second kappa shape index (κ2) is 12.3. The number of hydrogen-bond acceptors (Lipinski definition) is 4. The van der Waals surface area contributed by atoms with Crippen molar-refractivity contribution in [1.82, 2.24) is 0 Å². The summed E-state index contributed by atoms with van der Waals surface area (Å²) in [5.74, 6) is 0.401. The zero-order chi connectivity index (χ0) is 29.0. The zero-order valence-electron chi connectivity index (χ0n) is 25.1. The maximum absolute atomic E-state index is 14.8. The molecule has 0 spiro atoms. The molecule has 2 aliphatic rings. The summed E-state index contributed by atoms with van der Waals surface area (Å²) in [4.78, 5) is 14.8. The molecule has 2 aromatic rings. The number of phenols is 1. The molecule has 0 amide bonds. The van der Waals surface area contributed by atoms with Crippen LogP contribution in [0.2, 0.25) is 0 Å². The molecule has 1 heterocycles. The monoisotopic (exact) mass is 540 g/mol. The van der Waals surface area contributed by atoms with Gasteiger partial charge < -0.3 is 14.6 Å². The first-order valence-electron chi connectivity index (χ1n) is 14.4. The lowest BCUT2D eigenvalue weighted by Gasteiger charge is -2.38. The van der Waals surface area contributed by atoms with Crippen LogP contribution in [0.4, 0.5) is 0 Å². The van der Waals surface area contributed by atoms with Crippen molar-refractivity contribution in [2.45, 2.75) is 78.7 Å². The zero-order valence-corrected chi connectivity index (χ0v) is 25.1. The Bertz CT molecular complexity index is 1350. The van der Waals surface area contributed by atoms with Gasteiger partial charge >= 0.3 is 0 Å². The Morgan fingerprint density at radius 2 is 1.82 bits per heavy atom. The van der Waals surface area contributed by atoms with Gasteiger partial charge in [0.05, 0.1) is 12.7 Å². The maximum atomic E-state index is 14.8. The van der Waals surface area contributed by atoms with E-state index in [9.17, 15) is 9.90 Å². The van der Waals surface area contributed by atoms with Crippen LogP contribution in [0.25, 0.3) is 6.08 Å². The highest BCUT2D eigenvalue weighted by atomic mass is 16.5. The third kappa shape index (κ3) is 6.27. The van der Waals surface area contributed by atoms with Crippen LogP contribution >= 0.6 is 0 Å². The van der Waals surface area contributed by atoms with E-state index in [0.717, 1.165) is 31.2 Å². The highest BCUT2D eigenvalue weighted by molar-refractivity contribution is 6.05. The Morgan fingerprint density at radius 3 is 2.48 bits per heavy atom. The van der Waals surface area contributed by atoms with E-state index in [1.54, 1.807) is 13.2 Å². The number of ether oxygens (including phenoxy) is 2. The first-order chi connectivity index (χ1) is 19.0. The standard InChI is InChI=1S/C36H44O4/c1-23(2)12-11-20-36(6)21-19-29-31(39-7)22-30(37)33(35(29)40-36)34(38)32-27(17-15-24(3)4)25(5)16-18-28(32)26-13-9-8-10-14-26/h8-10,12-16,19,21-22,27-28,32,37H,11,17-18,20H2,1-7H3/t27-,28+,32-,36-/m1/s1. The van der Waals surface area contributed by atoms with Crippen LogP contribution in [0.5, 0.6) is 17.2 Å². The number of allylic oxidation sites excluding steroid dienone is 6. The molecular weight excluding hydrogens is 496 g/mol. The normalized spacial score (nSPS) is 23.4. The number of methoxy groups -OCH3 is 1. The number of aromatic hydroxyl groups is 1. The predicted octanol–water partition coefficient (Wildman–Crippen LogP) is 9.22. The van der Waals surface area contributed by atoms with Gasteiger partial charge in [-0.3, -0.25) is 4.79 Å². The van der Waals surface area contributed by atoms with Gasteiger partial charge in [0.25, 0.3) is 0 Å². The summed E-state index contributed by atoms with van der Waals surface area (Å²) in [5, 5.41) is 11.4. The number of carbonyl (C=O) groups is 1. The molecule has 1 aliphatic heterocycles. The van der Waals surface area contributed by atoms with Gasteiger partial charge in [-0.2, -0.15) is 0 Å². The third-order valence-corrected chi connectivity index (χ3v) is 8.31. The molecule has 4 nitrogen and oxygen atoms in total. The molecular formula is C36H44O4. The first-order valence-corrected chi connectivity index (χ1v) is 14.4. The Morgan fingerprint density at radius 1 is 1.12 bits per heavy atom. The number of phenolic OH excluding ortho intramolecular Hbond substituents is 1. The van der Waals surface area contributed by atoms with Gasteiger partial charge in [0.1, 0.15) is 28.4 Å². The fraction of sp³-hybridized carbons (Fsp3) is 0.417. The molecule has 4 heteroatoms. The van der Waals surface area contributed by atoms with Gasteiger partial charge in [0.2, 0.25) is 0 Å². The van der Waals surface area contributed by atoms with Crippen LogP contribution in [-0.4, -0.2) is 23.6 Å². The maximum Gasteiger partial charge on any atom is 0.174 e. The largest absolute Gasteiger partial charge is 0.507 e. The number of benzene rings is 2. The van der Waals surface area contributed by atoms with Crippen molar-refractivity contribution < 1.29 is 19.4 Å². The quantitative estimate of drug-likeness (QED) is 0.254. The van der Waals surface area contributed by atoms with Crippen LogP contribution in [0.1, 0.15) is 94.6 Å². The third-order valence-electron chi connectivity index (χ3n) is 8.31. The summed E-state index contributed by atoms with van der Waals surface area (Å²) >= 11 is 0. The van der Waals surface area contributed by atoms with Crippen LogP contribution in [0.15, 0.2) is 77.4 Å². The van der Waals surface area contributed by atoms with Crippen molar-refractivity contribution in [2.24, 2.45) is 11.8 Å². The van der Waals surface area contributed by atoms with E-state index in [1.165, 1.54) is 16.7 Å². The topological polar surface area (TPSA) is 55.8 Å². The lowest BCUT2D eigenvalue weighted by Crippen LogP contribution is -2.36. The van der Waals surface area contributed by atoms with Crippen LogP contribution < -0.4 is 9.47 Å². The number of hydrogen-bond donors (Lipinski definition) is 1. The lowest BCUT2D eigenvalue weighted by molar-refractivity contribution is 0.0826. The van der Waals surface area contributed by atoms with Crippen molar-refractivity contribution in [3.63, 3.8) is 0 Å². The van der Waals surface area contributed by atoms with E-state index in [-0.39, 0.29) is 34.8 Å². The number of carbonyl (C=O) groups excluding carboxylic acids is 1. The molecule has 0 aromatic heterocycles. The summed E-state index contributed by atoms with van der Waals surface area (Å²) in [6.07, 6.45) is 13.9. The van der Waals surface area contributed by atoms with Gasteiger partial charge in [-0.05, 0) is 96.8 Å². The lowest BCUT2D eigenvalue weighted by atomic mass is 9.65. The first kappa shape index (κ1) is 29.5. The van der Waals surface area contributed by atoms with E-state index in [1.807, 2.05) is 37.3 Å². The number of ketones is 1. The molecule has 1 N–H and O–H groups in total. The van der Waals surface area contributed by atoms with Crippen LogP contribution in [-0.2, 0) is 0 Å².